The number of aromatic amines is 1. The Balaban J connectivity index is 1.64. The molecule has 0 aliphatic heterocycles. The third-order valence-corrected chi connectivity index (χ3v) is 5.03. The monoisotopic (exact) mass is 416 g/mol. The molecule has 0 saturated carbocycles. The molecule has 1 amide bonds. The fourth-order valence-corrected chi connectivity index (χ4v) is 3.63. The highest BCUT2D eigenvalue weighted by Crippen LogP contribution is 2.31. The third kappa shape index (κ3) is 5.03. The molecule has 0 spiro atoms. The van der Waals surface area contributed by atoms with Crippen LogP contribution in [0.25, 0.3) is 11.4 Å². The van der Waals surface area contributed by atoms with Gasteiger partial charge in [-0.2, -0.15) is 5.10 Å². The zero-order valence-corrected chi connectivity index (χ0v) is 17.3. The number of hydrogen-bond donors (Lipinski definition) is 3. The number of nitrogens with one attached hydrogen (secondary N) is 3. The van der Waals surface area contributed by atoms with Gasteiger partial charge in [-0.1, -0.05) is 42.1 Å². The Bertz CT molecular complexity index is 1160. The van der Waals surface area contributed by atoms with Crippen LogP contribution < -0.4 is 10.6 Å². The molecule has 0 fully saturated rings. The van der Waals surface area contributed by atoms with Crippen LogP contribution in [0.4, 0.5) is 17.3 Å². The molecule has 0 bridgehead atoms. The number of anilines is 3. The van der Waals surface area contributed by atoms with E-state index in [9.17, 15) is 4.79 Å². The molecule has 0 atom stereocenters. The molecule has 0 saturated heterocycles. The highest BCUT2D eigenvalue weighted by atomic mass is 32.2. The smallest absolute Gasteiger partial charge is 0.221 e. The number of benzene rings is 2. The molecule has 0 aliphatic carbocycles. The minimum Gasteiger partial charge on any atom is -0.326 e. The summed E-state index contributed by atoms with van der Waals surface area (Å²) >= 11 is 1.52. The summed E-state index contributed by atoms with van der Waals surface area (Å²) in [6.45, 7) is 3.41. The van der Waals surface area contributed by atoms with Gasteiger partial charge in [-0.3, -0.25) is 9.89 Å². The van der Waals surface area contributed by atoms with Gasteiger partial charge in [0.25, 0.3) is 0 Å². The van der Waals surface area contributed by atoms with Gasteiger partial charge in [-0.25, -0.2) is 9.97 Å². The fourth-order valence-electron chi connectivity index (χ4n) is 2.81. The lowest BCUT2D eigenvalue weighted by Gasteiger charge is -2.09. The van der Waals surface area contributed by atoms with Crippen molar-refractivity contribution >= 4 is 35.0 Å². The summed E-state index contributed by atoms with van der Waals surface area (Å²) in [5.41, 5.74) is 2.59. The van der Waals surface area contributed by atoms with Gasteiger partial charge in [0.2, 0.25) is 5.91 Å². The lowest BCUT2D eigenvalue weighted by Crippen LogP contribution is -2.05. The van der Waals surface area contributed by atoms with Gasteiger partial charge in [0.15, 0.2) is 5.82 Å². The largest absolute Gasteiger partial charge is 0.326 e. The Morgan fingerprint density at radius 1 is 1.00 bits per heavy atom. The van der Waals surface area contributed by atoms with Crippen LogP contribution in [0.2, 0.25) is 0 Å². The summed E-state index contributed by atoms with van der Waals surface area (Å²) in [6.07, 6.45) is 0. The Kier molecular flexibility index (Phi) is 5.76. The number of aryl methyl sites for hydroxylation is 1. The van der Waals surface area contributed by atoms with E-state index in [-0.39, 0.29) is 5.91 Å². The number of carbonyl (C=O) groups excluding carboxylic acids is 1. The van der Waals surface area contributed by atoms with E-state index in [2.05, 4.69) is 25.8 Å². The molecule has 0 radical (unpaired) electrons. The molecular weight excluding hydrogens is 396 g/mol. The summed E-state index contributed by atoms with van der Waals surface area (Å²) < 4.78 is 0. The van der Waals surface area contributed by atoms with E-state index in [4.69, 9.17) is 4.98 Å². The second-order valence-electron chi connectivity index (χ2n) is 6.64. The molecule has 30 heavy (non-hydrogen) atoms. The summed E-state index contributed by atoms with van der Waals surface area (Å²) in [5.74, 6) is 1.98. The van der Waals surface area contributed by atoms with Crippen molar-refractivity contribution < 1.29 is 4.79 Å². The van der Waals surface area contributed by atoms with E-state index < -0.39 is 0 Å². The van der Waals surface area contributed by atoms with E-state index >= 15 is 0 Å². The van der Waals surface area contributed by atoms with E-state index in [1.165, 1.54) is 18.7 Å². The minimum atomic E-state index is -0.0940. The van der Waals surface area contributed by atoms with Crippen LogP contribution in [-0.2, 0) is 4.79 Å². The molecule has 0 aliphatic rings. The standard InChI is InChI=1S/C22H20N6OS/c1-14-12-20(28-27-14)24-19-13-21(26-22(25-19)16-6-4-3-5-7-16)30-18-10-8-17(9-11-18)23-15(2)29/h3-13H,1-2H3,(H,23,29)(H2,24,25,26,27,28). The van der Waals surface area contributed by atoms with Crippen LogP contribution in [0, 0.1) is 6.92 Å². The molecule has 150 valence electrons. The Hall–Kier alpha value is -3.65. The Morgan fingerprint density at radius 2 is 1.77 bits per heavy atom. The van der Waals surface area contributed by atoms with Crippen molar-refractivity contribution in [2.75, 3.05) is 10.6 Å². The number of hydrogen-bond acceptors (Lipinski definition) is 6. The average molecular weight is 417 g/mol. The molecule has 0 unspecified atom stereocenters. The molecule has 2 heterocycles. The van der Waals surface area contributed by atoms with Gasteiger partial charge in [0, 0.05) is 35.2 Å². The molecule has 4 aromatic rings. The van der Waals surface area contributed by atoms with Gasteiger partial charge >= 0.3 is 0 Å². The van der Waals surface area contributed by atoms with Crippen molar-refractivity contribution in [2.45, 2.75) is 23.8 Å². The van der Waals surface area contributed by atoms with E-state index in [0.29, 0.717) is 11.6 Å². The summed E-state index contributed by atoms with van der Waals surface area (Å²) in [7, 11) is 0. The lowest BCUT2D eigenvalue weighted by molar-refractivity contribution is -0.114. The van der Waals surface area contributed by atoms with Gasteiger partial charge in [0.1, 0.15) is 16.7 Å². The van der Waals surface area contributed by atoms with Crippen molar-refractivity contribution in [2.24, 2.45) is 0 Å². The number of rotatable bonds is 6. The molecule has 2 aromatic carbocycles. The number of aromatic nitrogens is 4. The second-order valence-corrected chi connectivity index (χ2v) is 7.73. The van der Waals surface area contributed by atoms with Crippen LogP contribution in [-0.4, -0.2) is 26.1 Å². The number of nitrogens with zero attached hydrogens (tertiary/aromatic N) is 3. The van der Waals surface area contributed by atoms with Gasteiger partial charge in [-0.15, -0.1) is 0 Å². The maximum absolute atomic E-state index is 11.2. The number of amides is 1. The fraction of sp³-hybridized carbons (Fsp3) is 0.0909. The summed E-state index contributed by atoms with van der Waals surface area (Å²) in [5, 5.41) is 13.9. The minimum absolute atomic E-state index is 0.0940. The van der Waals surface area contributed by atoms with Crippen LogP contribution in [0.3, 0.4) is 0 Å². The predicted molar refractivity (Wildman–Crippen MR) is 119 cm³/mol. The van der Waals surface area contributed by atoms with Crippen LogP contribution >= 0.6 is 11.8 Å². The topological polar surface area (TPSA) is 95.6 Å². The molecule has 3 N–H and O–H groups in total. The van der Waals surface area contributed by atoms with Crippen LogP contribution in [0.5, 0.6) is 0 Å². The number of H-pyrrole nitrogens is 1. The third-order valence-electron chi connectivity index (χ3n) is 4.10. The van der Waals surface area contributed by atoms with Crippen molar-refractivity contribution in [3.05, 3.63) is 72.4 Å². The molecule has 2 aromatic heterocycles. The Morgan fingerprint density at radius 3 is 2.43 bits per heavy atom. The van der Waals surface area contributed by atoms with Crippen molar-refractivity contribution in [1.82, 2.24) is 20.2 Å². The molecule has 8 heteroatoms. The average Bonchev–Trinajstić information content (AvgIpc) is 3.14. The zero-order valence-electron chi connectivity index (χ0n) is 16.5. The maximum Gasteiger partial charge on any atom is 0.221 e. The lowest BCUT2D eigenvalue weighted by atomic mass is 10.2. The normalized spacial score (nSPS) is 10.6. The van der Waals surface area contributed by atoms with Crippen molar-refractivity contribution in [3.8, 4) is 11.4 Å². The highest BCUT2D eigenvalue weighted by molar-refractivity contribution is 7.99. The zero-order chi connectivity index (χ0) is 20.9. The van der Waals surface area contributed by atoms with Crippen LogP contribution in [0.15, 0.2) is 76.7 Å². The molecule has 7 nitrogen and oxygen atoms in total. The summed E-state index contributed by atoms with van der Waals surface area (Å²) in [4.78, 5) is 21.6. The van der Waals surface area contributed by atoms with Gasteiger partial charge < -0.3 is 10.6 Å². The van der Waals surface area contributed by atoms with E-state index in [0.717, 1.165) is 32.7 Å². The predicted octanol–water partition coefficient (Wildman–Crippen LogP) is 5.03. The Labute approximate surface area is 178 Å². The maximum atomic E-state index is 11.2. The first-order chi connectivity index (χ1) is 14.5. The first-order valence-electron chi connectivity index (χ1n) is 9.34. The van der Waals surface area contributed by atoms with Crippen molar-refractivity contribution in [3.63, 3.8) is 0 Å². The van der Waals surface area contributed by atoms with Crippen molar-refractivity contribution in [1.29, 1.82) is 0 Å². The first kappa shape index (κ1) is 19.7. The van der Waals surface area contributed by atoms with Gasteiger partial charge in [-0.05, 0) is 31.2 Å². The molecule has 4 rings (SSSR count). The van der Waals surface area contributed by atoms with E-state index in [1.54, 1.807) is 0 Å². The van der Waals surface area contributed by atoms with E-state index in [1.807, 2.05) is 73.7 Å². The SMILES string of the molecule is CC(=O)Nc1ccc(Sc2cc(Nc3cc(C)n[nH]3)nc(-c3ccccc3)n2)cc1. The highest BCUT2D eigenvalue weighted by Gasteiger charge is 2.10. The first-order valence-corrected chi connectivity index (χ1v) is 10.2. The second kappa shape index (κ2) is 8.79. The number of carbonyl (C=O) groups is 1. The van der Waals surface area contributed by atoms with Crippen LogP contribution in [0.1, 0.15) is 12.6 Å². The van der Waals surface area contributed by atoms with Gasteiger partial charge in [0.05, 0.1) is 5.69 Å². The quantitative estimate of drug-likeness (QED) is 0.382. The summed E-state index contributed by atoms with van der Waals surface area (Å²) in [6, 6.07) is 21.3. The molecular formula is C22H20N6OS.